The molecule has 0 aromatic carbocycles. The zero-order valence-electron chi connectivity index (χ0n) is 16.5. The molecule has 8 heteroatoms. The number of ether oxygens (including phenoxy) is 4. The van der Waals surface area contributed by atoms with Gasteiger partial charge >= 0.3 is 5.97 Å². The highest BCUT2D eigenvalue weighted by Crippen LogP contribution is 2.84. The Morgan fingerprint density at radius 3 is 2.54 bits per heavy atom. The minimum atomic E-state index is -1.81. The van der Waals surface area contributed by atoms with E-state index in [9.17, 15) is 20.1 Å². The normalized spacial score (nSPS) is 64.0. The molecule has 2 saturated carbocycles. The lowest BCUT2D eigenvalue weighted by Gasteiger charge is -2.47. The summed E-state index contributed by atoms with van der Waals surface area (Å²) in [5.41, 5.74) is -6.10. The monoisotopic (exact) mass is 396 g/mol. The van der Waals surface area contributed by atoms with Crippen LogP contribution in [0, 0.1) is 28.1 Å². The fraction of sp³-hybridized carbons (Fsp3) is 0.950. The molecule has 28 heavy (non-hydrogen) atoms. The van der Waals surface area contributed by atoms with Crippen LogP contribution in [0.2, 0.25) is 0 Å². The van der Waals surface area contributed by atoms with Gasteiger partial charge in [0.2, 0.25) is 5.60 Å². The van der Waals surface area contributed by atoms with Gasteiger partial charge in [0.25, 0.3) is 0 Å². The van der Waals surface area contributed by atoms with Crippen molar-refractivity contribution in [2.24, 2.45) is 28.1 Å². The highest BCUT2D eigenvalue weighted by molar-refractivity contribution is 5.89. The Hall–Kier alpha value is -0.770. The zero-order valence-corrected chi connectivity index (χ0v) is 16.5. The van der Waals surface area contributed by atoms with E-state index in [0.29, 0.717) is 13.0 Å². The van der Waals surface area contributed by atoms with Gasteiger partial charge < -0.3 is 34.3 Å². The van der Waals surface area contributed by atoms with Crippen LogP contribution < -0.4 is 0 Å². The summed E-state index contributed by atoms with van der Waals surface area (Å²) in [6.07, 6.45) is -4.44. The second kappa shape index (κ2) is 4.60. The third-order valence-electron chi connectivity index (χ3n) is 8.98. The first kappa shape index (κ1) is 18.0. The van der Waals surface area contributed by atoms with Crippen LogP contribution >= 0.6 is 0 Å². The predicted octanol–water partition coefficient (Wildman–Crippen LogP) is -0.423. The van der Waals surface area contributed by atoms with Crippen LogP contribution in [0.5, 0.6) is 0 Å². The summed E-state index contributed by atoms with van der Waals surface area (Å²) in [5, 5.41) is 35.0. The standard InChI is InChI=1S/C20H28O8/c1-8-7-26-13-11(22)18-12-9(21)10(16(2,3)4)17(18)5-6-25-15(17)28-20(18,14(23)27-12)19(8,13)24/h8-13,15,21-22,24H,5-7H2,1-4H3/t8-,9-,10+,11+,12?,13?,15?,17?,18?,19-,20-/m1/s1. The van der Waals surface area contributed by atoms with Gasteiger partial charge in [-0.1, -0.05) is 27.7 Å². The summed E-state index contributed by atoms with van der Waals surface area (Å²) in [5.74, 6) is -1.51. The van der Waals surface area contributed by atoms with Crippen LogP contribution in [0.1, 0.15) is 34.1 Å². The molecule has 5 unspecified atom stereocenters. The summed E-state index contributed by atoms with van der Waals surface area (Å²) in [6.45, 7) is 8.48. The van der Waals surface area contributed by atoms with Crippen LogP contribution in [-0.2, 0) is 23.7 Å². The van der Waals surface area contributed by atoms with Crippen molar-refractivity contribution in [2.45, 2.75) is 76.0 Å². The molecule has 0 amide bonds. The molecule has 0 aromatic heterocycles. The lowest BCUT2D eigenvalue weighted by atomic mass is 9.52. The number of esters is 1. The predicted molar refractivity (Wildman–Crippen MR) is 91.7 cm³/mol. The third-order valence-corrected chi connectivity index (χ3v) is 8.98. The smallest absolute Gasteiger partial charge is 0.342 e. The molecule has 4 saturated heterocycles. The zero-order chi connectivity index (χ0) is 20.1. The van der Waals surface area contributed by atoms with E-state index < -0.39 is 64.6 Å². The van der Waals surface area contributed by atoms with E-state index in [1.54, 1.807) is 6.92 Å². The summed E-state index contributed by atoms with van der Waals surface area (Å²) in [7, 11) is 0. The lowest BCUT2D eigenvalue weighted by Crippen LogP contribution is -2.65. The summed E-state index contributed by atoms with van der Waals surface area (Å²) in [4.78, 5) is 13.4. The lowest BCUT2D eigenvalue weighted by molar-refractivity contribution is -0.241. The fourth-order valence-corrected chi connectivity index (χ4v) is 8.51. The van der Waals surface area contributed by atoms with Crippen molar-refractivity contribution in [3.63, 3.8) is 0 Å². The average Bonchev–Trinajstić information content (AvgIpc) is 3.31. The molecule has 8 nitrogen and oxygen atoms in total. The van der Waals surface area contributed by atoms with Gasteiger partial charge in [-0.25, -0.2) is 4.79 Å². The van der Waals surface area contributed by atoms with Crippen LogP contribution in [-0.4, -0.2) is 76.4 Å². The maximum absolute atomic E-state index is 13.4. The maximum atomic E-state index is 13.4. The Morgan fingerprint density at radius 2 is 1.86 bits per heavy atom. The molecular formula is C20H28O8. The van der Waals surface area contributed by atoms with E-state index in [0.717, 1.165) is 0 Å². The first-order valence-electron chi connectivity index (χ1n) is 10.2. The second-order valence-electron chi connectivity index (χ2n) is 10.7. The van der Waals surface area contributed by atoms with Gasteiger partial charge in [-0.2, -0.15) is 0 Å². The highest BCUT2D eigenvalue weighted by atomic mass is 16.7. The van der Waals surface area contributed by atoms with Crippen molar-refractivity contribution >= 4 is 5.97 Å². The molecule has 11 atom stereocenters. The maximum Gasteiger partial charge on any atom is 0.342 e. The van der Waals surface area contributed by atoms with Crippen molar-refractivity contribution in [1.29, 1.82) is 0 Å². The van der Waals surface area contributed by atoms with Crippen LogP contribution in [0.25, 0.3) is 0 Å². The van der Waals surface area contributed by atoms with Crippen molar-refractivity contribution in [3.05, 3.63) is 0 Å². The largest absolute Gasteiger partial charge is 0.456 e. The number of rotatable bonds is 0. The minimum Gasteiger partial charge on any atom is -0.456 e. The van der Waals surface area contributed by atoms with Gasteiger partial charge in [-0.3, -0.25) is 0 Å². The second-order valence-corrected chi connectivity index (χ2v) is 10.7. The van der Waals surface area contributed by atoms with Gasteiger partial charge in [-0.05, 0) is 11.8 Å². The molecule has 4 heterocycles. The van der Waals surface area contributed by atoms with E-state index in [2.05, 4.69) is 0 Å². The summed E-state index contributed by atoms with van der Waals surface area (Å²) >= 11 is 0. The van der Waals surface area contributed by atoms with Gasteiger partial charge in [0, 0.05) is 17.3 Å². The average molecular weight is 396 g/mol. The quantitative estimate of drug-likeness (QED) is 0.473. The van der Waals surface area contributed by atoms with E-state index in [4.69, 9.17) is 18.9 Å². The number of hydrogen-bond donors (Lipinski definition) is 3. The Morgan fingerprint density at radius 1 is 1.14 bits per heavy atom. The van der Waals surface area contributed by atoms with E-state index in [-0.39, 0.29) is 17.9 Å². The molecule has 0 aromatic rings. The number of aliphatic hydroxyl groups excluding tert-OH is 2. The number of carbonyl (C=O) groups is 1. The molecule has 4 aliphatic heterocycles. The SMILES string of the molecule is C[C@@H]1COC2[C@H](O)C34C5OC(=O)[C@]3(OC3OCCC34[C@H](C(C)(C)C)[C@H]5O)[C@]21O. The Labute approximate surface area is 163 Å². The van der Waals surface area contributed by atoms with E-state index in [1.165, 1.54) is 0 Å². The molecule has 0 radical (unpaired) electrons. The van der Waals surface area contributed by atoms with Crippen LogP contribution in [0.3, 0.4) is 0 Å². The molecule has 0 bridgehead atoms. The molecule has 6 aliphatic rings. The number of aliphatic hydroxyl groups is 3. The Balaban J connectivity index is 1.71. The van der Waals surface area contributed by atoms with Crippen LogP contribution in [0.4, 0.5) is 0 Å². The van der Waals surface area contributed by atoms with E-state index in [1.807, 2.05) is 20.8 Å². The summed E-state index contributed by atoms with van der Waals surface area (Å²) < 4.78 is 23.9. The van der Waals surface area contributed by atoms with Crippen molar-refractivity contribution in [2.75, 3.05) is 13.2 Å². The number of carbonyl (C=O) groups excluding carboxylic acids is 1. The third kappa shape index (κ3) is 1.29. The number of fused-ring (bicyclic) bond motifs is 1. The van der Waals surface area contributed by atoms with E-state index >= 15 is 0 Å². The van der Waals surface area contributed by atoms with Crippen molar-refractivity contribution in [1.82, 2.24) is 0 Å². The molecule has 156 valence electrons. The Bertz CT molecular complexity index is 779. The molecule has 2 spiro atoms. The fourth-order valence-electron chi connectivity index (χ4n) is 8.51. The summed E-state index contributed by atoms with van der Waals surface area (Å²) in [6, 6.07) is 0. The molecule has 2 aliphatic carbocycles. The number of hydrogen-bond acceptors (Lipinski definition) is 8. The molecule has 3 N–H and O–H groups in total. The molecule has 6 fully saturated rings. The van der Waals surface area contributed by atoms with Crippen LogP contribution in [0.15, 0.2) is 0 Å². The highest BCUT2D eigenvalue weighted by Gasteiger charge is 3.02. The van der Waals surface area contributed by atoms with Gasteiger partial charge in [-0.15, -0.1) is 0 Å². The molecular weight excluding hydrogens is 368 g/mol. The topological polar surface area (TPSA) is 115 Å². The molecule has 6 rings (SSSR count). The minimum absolute atomic E-state index is 0.209. The first-order valence-corrected chi connectivity index (χ1v) is 10.2. The van der Waals surface area contributed by atoms with Gasteiger partial charge in [0.1, 0.15) is 17.8 Å². The Kier molecular flexibility index (Phi) is 2.96. The van der Waals surface area contributed by atoms with Gasteiger partial charge in [0.15, 0.2) is 6.29 Å². The van der Waals surface area contributed by atoms with Gasteiger partial charge in [0.05, 0.1) is 30.8 Å². The first-order chi connectivity index (χ1) is 13.0. The van der Waals surface area contributed by atoms with Crippen molar-refractivity contribution in [3.8, 4) is 0 Å². The van der Waals surface area contributed by atoms with Crippen molar-refractivity contribution < 1.29 is 39.1 Å².